The molecule has 1 aromatic heterocycles. The molecule has 29 heavy (non-hydrogen) atoms. The van der Waals surface area contributed by atoms with Gasteiger partial charge in [0, 0.05) is 43.8 Å². The maximum Gasteiger partial charge on any atom is 0.433 e. The number of carbonyl (C=O) groups excluding carboxylic acids is 1. The van der Waals surface area contributed by atoms with E-state index in [1.54, 1.807) is 18.2 Å². The molecule has 0 unspecified atom stereocenters. The van der Waals surface area contributed by atoms with Crippen molar-refractivity contribution in [1.29, 1.82) is 0 Å². The SMILES string of the molecule is O=C(OCCN1CCN(c2cc(C(F)(F)F)nc3c(Cl)cccc23)CC1)C1CC1. The standard InChI is InChI=1S/C20H21ClF3N3O2/c21-15-3-1-2-14-16(12-17(20(22,23)24)25-18(14)15)27-8-6-26(7-9-27)10-11-29-19(28)13-4-5-13/h1-3,12-13H,4-11H2. The van der Waals surface area contributed by atoms with Crippen LogP contribution in [0.1, 0.15) is 18.5 Å². The van der Waals surface area contributed by atoms with Gasteiger partial charge in [-0.2, -0.15) is 13.2 Å². The smallest absolute Gasteiger partial charge is 0.433 e. The lowest BCUT2D eigenvalue weighted by Crippen LogP contribution is -2.47. The Bertz CT molecular complexity index is 910. The van der Waals surface area contributed by atoms with E-state index in [2.05, 4.69) is 9.88 Å². The number of aromatic nitrogens is 1. The van der Waals surface area contributed by atoms with Gasteiger partial charge in [-0.25, -0.2) is 4.98 Å². The first-order chi connectivity index (χ1) is 13.8. The Morgan fingerprint density at radius 1 is 1.21 bits per heavy atom. The summed E-state index contributed by atoms with van der Waals surface area (Å²) < 4.78 is 45.3. The van der Waals surface area contributed by atoms with Crippen LogP contribution in [-0.4, -0.2) is 55.2 Å². The molecule has 2 fully saturated rings. The molecule has 0 bridgehead atoms. The monoisotopic (exact) mass is 427 g/mol. The molecule has 0 amide bonds. The fourth-order valence-electron chi connectivity index (χ4n) is 3.53. The van der Waals surface area contributed by atoms with Crippen molar-refractivity contribution < 1.29 is 22.7 Å². The summed E-state index contributed by atoms with van der Waals surface area (Å²) in [5, 5.41) is 0.809. The van der Waals surface area contributed by atoms with E-state index < -0.39 is 11.9 Å². The van der Waals surface area contributed by atoms with Gasteiger partial charge in [0.2, 0.25) is 0 Å². The van der Waals surface area contributed by atoms with Crippen LogP contribution in [0.3, 0.4) is 0 Å². The fourth-order valence-corrected chi connectivity index (χ4v) is 3.74. The average Bonchev–Trinajstić information content (AvgIpc) is 3.53. The van der Waals surface area contributed by atoms with Crippen LogP contribution in [0.2, 0.25) is 5.02 Å². The molecule has 4 rings (SSSR count). The Labute approximate surface area is 171 Å². The quantitative estimate of drug-likeness (QED) is 0.675. The molecule has 0 N–H and O–H groups in total. The molecule has 1 aliphatic heterocycles. The lowest BCUT2D eigenvalue weighted by atomic mass is 10.1. The predicted molar refractivity (Wildman–Crippen MR) is 104 cm³/mol. The highest BCUT2D eigenvalue weighted by Gasteiger charge is 2.35. The molecule has 2 aromatic rings. The van der Waals surface area contributed by atoms with Crippen LogP contribution in [0.5, 0.6) is 0 Å². The Kier molecular flexibility index (Phi) is 5.57. The van der Waals surface area contributed by atoms with E-state index in [1.807, 2.05) is 4.90 Å². The van der Waals surface area contributed by atoms with Gasteiger partial charge in [-0.1, -0.05) is 23.7 Å². The van der Waals surface area contributed by atoms with Gasteiger partial charge < -0.3 is 9.64 Å². The zero-order valence-corrected chi connectivity index (χ0v) is 16.5. The molecule has 0 atom stereocenters. The van der Waals surface area contributed by atoms with Crippen LogP contribution < -0.4 is 4.90 Å². The van der Waals surface area contributed by atoms with Crippen molar-refractivity contribution in [3.8, 4) is 0 Å². The van der Waals surface area contributed by atoms with E-state index in [-0.39, 0.29) is 22.4 Å². The number of ether oxygens (including phenoxy) is 1. The zero-order chi connectivity index (χ0) is 20.6. The molecular formula is C20H21ClF3N3O2. The molecule has 5 nitrogen and oxygen atoms in total. The van der Waals surface area contributed by atoms with E-state index in [1.165, 1.54) is 0 Å². The third-order valence-corrected chi connectivity index (χ3v) is 5.64. The Hall–Kier alpha value is -2.06. The number of piperazine rings is 1. The number of carbonyl (C=O) groups is 1. The van der Waals surface area contributed by atoms with E-state index >= 15 is 0 Å². The second-order valence-corrected chi connectivity index (χ2v) is 7.84. The number of halogens is 4. The van der Waals surface area contributed by atoms with Gasteiger partial charge in [0.05, 0.1) is 16.5 Å². The van der Waals surface area contributed by atoms with Gasteiger partial charge in [0.15, 0.2) is 0 Å². The number of rotatable bonds is 5. The zero-order valence-electron chi connectivity index (χ0n) is 15.7. The third-order valence-electron chi connectivity index (χ3n) is 5.33. The maximum atomic E-state index is 13.3. The number of pyridine rings is 1. The molecule has 1 aliphatic carbocycles. The molecule has 9 heteroatoms. The summed E-state index contributed by atoms with van der Waals surface area (Å²) in [5.41, 5.74) is -0.291. The Morgan fingerprint density at radius 2 is 1.93 bits per heavy atom. The van der Waals surface area contributed by atoms with Gasteiger partial charge in [0.1, 0.15) is 12.3 Å². The normalized spacial score (nSPS) is 18.3. The van der Waals surface area contributed by atoms with Gasteiger partial charge in [-0.15, -0.1) is 0 Å². The second-order valence-electron chi connectivity index (χ2n) is 7.43. The number of hydrogen-bond acceptors (Lipinski definition) is 5. The van der Waals surface area contributed by atoms with Crippen molar-refractivity contribution in [2.24, 2.45) is 5.92 Å². The minimum atomic E-state index is -4.55. The molecule has 2 aliphatic rings. The number of para-hydroxylation sites is 1. The molecule has 0 radical (unpaired) electrons. The lowest BCUT2D eigenvalue weighted by molar-refractivity contribution is -0.145. The van der Waals surface area contributed by atoms with Gasteiger partial charge in [-0.05, 0) is 25.0 Å². The number of fused-ring (bicyclic) bond motifs is 1. The van der Waals surface area contributed by atoms with Crippen LogP contribution in [0, 0.1) is 5.92 Å². The number of benzene rings is 1. The number of esters is 1. The second kappa shape index (κ2) is 7.99. The highest BCUT2D eigenvalue weighted by molar-refractivity contribution is 6.35. The highest BCUT2D eigenvalue weighted by atomic mass is 35.5. The average molecular weight is 428 g/mol. The summed E-state index contributed by atoms with van der Waals surface area (Å²) in [7, 11) is 0. The summed E-state index contributed by atoms with van der Waals surface area (Å²) >= 11 is 6.12. The fraction of sp³-hybridized carbons (Fsp3) is 0.500. The molecule has 1 aromatic carbocycles. The largest absolute Gasteiger partial charge is 0.464 e. The van der Waals surface area contributed by atoms with E-state index in [0.717, 1.165) is 18.9 Å². The third kappa shape index (κ3) is 4.59. The summed E-state index contributed by atoms with van der Waals surface area (Å²) in [6.45, 7) is 3.46. The van der Waals surface area contributed by atoms with Crippen LogP contribution >= 0.6 is 11.6 Å². The summed E-state index contributed by atoms with van der Waals surface area (Å²) in [5.74, 6) is -0.0371. The van der Waals surface area contributed by atoms with E-state index in [4.69, 9.17) is 16.3 Å². The Balaban J connectivity index is 1.46. The molecular weight excluding hydrogens is 407 g/mol. The van der Waals surface area contributed by atoms with Gasteiger partial charge >= 0.3 is 12.1 Å². The maximum absolute atomic E-state index is 13.3. The molecule has 2 heterocycles. The summed E-state index contributed by atoms with van der Waals surface area (Å²) in [6.07, 6.45) is -2.71. The molecule has 0 spiro atoms. The van der Waals surface area contributed by atoms with Crippen molar-refractivity contribution in [3.05, 3.63) is 35.0 Å². The minimum Gasteiger partial charge on any atom is -0.464 e. The van der Waals surface area contributed by atoms with Crippen molar-refractivity contribution in [2.75, 3.05) is 44.2 Å². The van der Waals surface area contributed by atoms with Crippen molar-refractivity contribution >= 4 is 34.2 Å². The van der Waals surface area contributed by atoms with Gasteiger partial charge in [-0.3, -0.25) is 9.69 Å². The first-order valence-corrected chi connectivity index (χ1v) is 10.0. The van der Waals surface area contributed by atoms with E-state index in [9.17, 15) is 18.0 Å². The highest BCUT2D eigenvalue weighted by Crippen LogP contribution is 2.37. The number of hydrogen-bond donors (Lipinski definition) is 0. The predicted octanol–water partition coefficient (Wildman–Crippen LogP) is 3.98. The first-order valence-electron chi connectivity index (χ1n) is 9.63. The minimum absolute atomic E-state index is 0.0847. The number of alkyl halides is 3. The van der Waals surface area contributed by atoms with Crippen molar-refractivity contribution in [2.45, 2.75) is 19.0 Å². The number of nitrogens with zero attached hydrogens (tertiary/aromatic N) is 3. The molecule has 156 valence electrons. The topological polar surface area (TPSA) is 45.7 Å². The van der Waals surface area contributed by atoms with Crippen molar-refractivity contribution in [1.82, 2.24) is 9.88 Å². The first kappa shape index (κ1) is 20.2. The molecule has 1 saturated heterocycles. The van der Waals surface area contributed by atoms with Gasteiger partial charge in [0.25, 0.3) is 0 Å². The van der Waals surface area contributed by atoms with Crippen LogP contribution in [0.15, 0.2) is 24.3 Å². The summed E-state index contributed by atoms with van der Waals surface area (Å²) in [6, 6.07) is 6.11. The van der Waals surface area contributed by atoms with E-state index in [0.29, 0.717) is 50.4 Å². The van der Waals surface area contributed by atoms with Crippen molar-refractivity contribution in [3.63, 3.8) is 0 Å². The Morgan fingerprint density at radius 3 is 2.59 bits per heavy atom. The van der Waals surface area contributed by atoms with Crippen LogP contribution in [0.4, 0.5) is 18.9 Å². The van der Waals surface area contributed by atoms with Crippen LogP contribution in [0.25, 0.3) is 10.9 Å². The van der Waals surface area contributed by atoms with Crippen LogP contribution in [-0.2, 0) is 15.7 Å². The lowest BCUT2D eigenvalue weighted by Gasteiger charge is -2.36. The summed E-state index contributed by atoms with van der Waals surface area (Å²) in [4.78, 5) is 19.4. The molecule has 1 saturated carbocycles. The number of anilines is 1.